The van der Waals surface area contributed by atoms with Crippen LogP contribution in [0.2, 0.25) is 0 Å². The largest absolute Gasteiger partial charge is 0.352 e. The van der Waals surface area contributed by atoms with Crippen LogP contribution in [-0.4, -0.2) is 27.8 Å². The highest BCUT2D eigenvalue weighted by Crippen LogP contribution is 2.44. The van der Waals surface area contributed by atoms with Crippen molar-refractivity contribution in [1.82, 2.24) is 15.5 Å². The van der Waals surface area contributed by atoms with Gasteiger partial charge in [-0.3, -0.25) is 4.79 Å². The first-order valence-corrected chi connectivity index (χ1v) is 9.49. The number of nitrogens with one attached hydrogen (secondary N) is 1. The zero-order chi connectivity index (χ0) is 16.5. The Morgan fingerprint density at radius 2 is 2.12 bits per heavy atom. The van der Waals surface area contributed by atoms with Crippen LogP contribution < -0.4 is 5.32 Å². The molecule has 0 radical (unpaired) electrons. The van der Waals surface area contributed by atoms with Crippen molar-refractivity contribution in [2.45, 2.75) is 43.9 Å². The zero-order valence-corrected chi connectivity index (χ0v) is 14.5. The van der Waals surface area contributed by atoms with Gasteiger partial charge in [0, 0.05) is 11.6 Å². The molecule has 24 heavy (non-hydrogen) atoms. The fourth-order valence-corrected chi connectivity index (χ4v) is 4.46. The summed E-state index contributed by atoms with van der Waals surface area (Å²) in [5.41, 5.74) is 2.11. The zero-order valence-electron chi connectivity index (χ0n) is 13.7. The van der Waals surface area contributed by atoms with Gasteiger partial charge < -0.3 is 9.84 Å². The maximum Gasteiger partial charge on any atom is 0.286 e. The summed E-state index contributed by atoms with van der Waals surface area (Å²) in [6.07, 6.45) is 5.06. The second kappa shape index (κ2) is 6.59. The van der Waals surface area contributed by atoms with Crippen LogP contribution >= 0.6 is 11.8 Å². The SMILES string of the molecule is Cc1ccc(-c2noc(SCC(=O)N[C@H]3C[C@H]4CC[C@@H]3C4)n2)cc1. The topological polar surface area (TPSA) is 68.0 Å². The molecule has 2 saturated carbocycles. The molecule has 2 bridgehead atoms. The molecular formula is C18H21N3O2S. The molecule has 126 valence electrons. The number of amides is 1. The molecule has 4 rings (SSSR count). The van der Waals surface area contributed by atoms with Gasteiger partial charge in [0.2, 0.25) is 11.7 Å². The van der Waals surface area contributed by atoms with Gasteiger partial charge in [-0.05, 0) is 38.0 Å². The number of benzene rings is 1. The molecule has 1 aromatic carbocycles. The number of hydrogen-bond donors (Lipinski definition) is 1. The lowest BCUT2D eigenvalue weighted by atomic mass is 9.95. The van der Waals surface area contributed by atoms with Crippen molar-refractivity contribution in [3.63, 3.8) is 0 Å². The summed E-state index contributed by atoms with van der Waals surface area (Å²) in [4.78, 5) is 16.5. The third-order valence-corrected chi connectivity index (χ3v) is 5.95. The van der Waals surface area contributed by atoms with Crippen LogP contribution in [0.1, 0.15) is 31.2 Å². The predicted molar refractivity (Wildman–Crippen MR) is 92.6 cm³/mol. The monoisotopic (exact) mass is 343 g/mol. The van der Waals surface area contributed by atoms with E-state index in [1.165, 1.54) is 36.6 Å². The lowest BCUT2D eigenvalue weighted by Gasteiger charge is -2.22. The summed E-state index contributed by atoms with van der Waals surface area (Å²) in [7, 11) is 0. The van der Waals surface area contributed by atoms with Crippen molar-refractivity contribution in [2.75, 3.05) is 5.75 Å². The minimum atomic E-state index is 0.0626. The molecule has 1 aromatic heterocycles. The molecule has 1 heterocycles. The molecule has 6 heteroatoms. The third kappa shape index (κ3) is 3.34. The van der Waals surface area contributed by atoms with Gasteiger partial charge in [-0.2, -0.15) is 4.98 Å². The quantitative estimate of drug-likeness (QED) is 0.842. The van der Waals surface area contributed by atoms with E-state index in [1.54, 1.807) is 0 Å². The summed E-state index contributed by atoms with van der Waals surface area (Å²) in [5, 5.41) is 7.60. The lowest BCUT2D eigenvalue weighted by molar-refractivity contribution is -0.119. The Morgan fingerprint density at radius 1 is 1.29 bits per heavy atom. The van der Waals surface area contributed by atoms with Crippen molar-refractivity contribution < 1.29 is 9.32 Å². The average molecular weight is 343 g/mol. The van der Waals surface area contributed by atoms with Crippen LogP contribution in [0.3, 0.4) is 0 Å². The second-order valence-corrected chi connectivity index (χ2v) is 7.81. The molecule has 1 N–H and O–H groups in total. The molecule has 0 spiro atoms. The predicted octanol–water partition coefficient (Wildman–Crippen LogP) is 3.44. The molecule has 0 unspecified atom stereocenters. The normalized spacial score (nSPS) is 25.1. The first-order valence-electron chi connectivity index (χ1n) is 8.50. The van der Waals surface area contributed by atoms with E-state index >= 15 is 0 Å². The van der Waals surface area contributed by atoms with Gasteiger partial charge in [-0.15, -0.1) is 0 Å². The average Bonchev–Trinajstić information content (AvgIpc) is 3.30. The van der Waals surface area contributed by atoms with Crippen LogP contribution in [0.5, 0.6) is 0 Å². The summed E-state index contributed by atoms with van der Waals surface area (Å²) in [6.45, 7) is 2.04. The Kier molecular flexibility index (Phi) is 4.31. The van der Waals surface area contributed by atoms with Gasteiger partial charge in [0.05, 0.1) is 5.75 Å². The van der Waals surface area contributed by atoms with Gasteiger partial charge in [0.1, 0.15) is 0 Å². The van der Waals surface area contributed by atoms with Crippen LogP contribution in [0, 0.1) is 18.8 Å². The first-order chi connectivity index (χ1) is 11.7. The molecule has 2 aliphatic rings. The van der Waals surface area contributed by atoms with Crippen molar-refractivity contribution in [3.05, 3.63) is 29.8 Å². The standard InChI is InChI=1S/C18H21N3O2S/c1-11-2-5-13(6-3-11)17-20-18(23-21-17)24-10-16(22)19-15-9-12-4-7-14(15)8-12/h2-3,5-6,12,14-15H,4,7-10H2,1H3,(H,19,22)/t12-,14+,15-/m0/s1. The number of aromatic nitrogens is 2. The number of fused-ring (bicyclic) bond motifs is 2. The summed E-state index contributed by atoms with van der Waals surface area (Å²) in [5.74, 6) is 2.48. The van der Waals surface area contributed by atoms with Gasteiger partial charge in [-0.25, -0.2) is 0 Å². The van der Waals surface area contributed by atoms with Crippen molar-refractivity contribution >= 4 is 17.7 Å². The molecule has 1 amide bonds. The van der Waals surface area contributed by atoms with Crippen LogP contribution in [0.15, 0.2) is 34.0 Å². The van der Waals surface area contributed by atoms with E-state index in [-0.39, 0.29) is 5.91 Å². The molecule has 5 nitrogen and oxygen atoms in total. The number of nitrogens with zero attached hydrogens (tertiary/aromatic N) is 2. The van der Waals surface area contributed by atoms with Crippen molar-refractivity contribution in [2.24, 2.45) is 11.8 Å². The summed E-state index contributed by atoms with van der Waals surface area (Å²) in [6, 6.07) is 8.35. The number of carbonyl (C=O) groups is 1. The molecular weight excluding hydrogens is 322 g/mol. The van der Waals surface area contributed by atoms with E-state index < -0.39 is 0 Å². The Labute approximate surface area is 145 Å². The molecule has 2 aliphatic carbocycles. The van der Waals surface area contributed by atoms with E-state index in [2.05, 4.69) is 15.5 Å². The Hall–Kier alpha value is -1.82. The Morgan fingerprint density at radius 3 is 2.83 bits per heavy atom. The van der Waals surface area contributed by atoms with E-state index in [0.717, 1.165) is 17.9 Å². The Balaban J connectivity index is 1.30. The fourth-order valence-electron chi connectivity index (χ4n) is 3.89. The summed E-state index contributed by atoms with van der Waals surface area (Å²) >= 11 is 1.30. The smallest absolute Gasteiger partial charge is 0.286 e. The third-order valence-electron chi connectivity index (χ3n) is 5.13. The molecule has 2 aromatic rings. The van der Waals surface area contributed by atoms with Crippen molar-refractivity contribution in [1.29, 1.82) is 0 Å². The van der Waals surface area contributed by atoms with E-state index in [4.69, 9.17) is 4.52 Å². The molecule has 3 atom stereocenters. The summed E-state index contributed by atoms with van der Waals surface area (Å²) < 4.78 is 5.24. The highest BCUT2D eigenvalue weighted by atomic mass is 32.2. The van der Waals surface area contributed by atoms with E-state index in [9.17, 15) is 4.79 Å². The number of hydrogen-bond acceptors (Lipinski definition) is 5. The van der Waals surface area contributed by atoms with Gasteiger partial charge in [0.15, 0.2) is 0 Å². The maximum atomic E-state index is 12.1. The minimum Gasteiger partial charge on any atom is -0.352 e. The number of rotatable bonds is 5. The number of aryl methyl sites for hydroxylation is 1. The van der Waals surface area contributed by atoms with Crippen molar-refractivity contribution in [3.8, 4) is 11.4 Å². The van der Waals surface area contributed by atoms with Gasteiger partial charge >= 0.3 is 0 Å². The first kappa shape index (κ1) is 15.7. The Bertz CT molecular complexity index is 728. The minimum absolute atomic E-state index is 0.0626. The van der Waals surface area contributed by atoms with Crippen LogP contribution in [0.4, 0.5) is 0 Å². The van der Waals surface area contributed by atoms with Gasteiger partial charge in [0.25, 0.3) is 5.22 Å². The maximum absolute atomic E-state index is 12.1. The van der Waals surface area contributed by atoms with E-state index in [1.807, 2.05) is 31.2 Å². The molecule has 0 saturated heterocycles. The molecule has 0 aliphatic heterocycles. The van der Waals surface area contributed by atoms with Gasteiger partial charge in [-0.1, -0.05) is 53.2 Å². The number of thioether (sulfide) groups is 1. The molecule has 2 fully saturated rings. The second-order valence-electron chi connectivity index (χ2n) is 6.89. The van der Waals surface area contributed by atoms with E-state index in [0.29, 0.717) is 28.8 Å². The number of carbonyl (C=O) groups excluding carboxylic acids is 1. The highest BCUT2D eigenvalue weighted by Gasteiger charge is 2.40. The fraction of sp³-hybridized carbons (Fsp3) is 0.500. The van der Waals surface area contributed by atoms with Crippen LogP contribution in [-0.2, 0) is 4.79 Å². The van der Waals surface area contributed by atoms with Crippen LogP contribution in [0.25, 0.3) is 11.4 Å². The lowest BCUT2D eigenvalue weighted by Crippen LogP contribution is -2.39. The highest BCUT2D eigenvalue weighted by molar-refractivity contribution is 7.99.